The van der Waals surface area contributed by atoms with Crippen LogP contribution in [0.3, 0.4) is 0 Å². The molecule has 0 radical (unpaired) electrons. The summed E-state index contributed by atoms with van der Waals surface area (Å²) in [6.07, 6.45) is 3.60. The fourth-order valence-corrected chi connectivity index (χ4v) is 1.98. The molecule has 1 aliphatic carbocycles. The zero-order valence-corrected chi connectivity index (χ0v) is 8.96. The highest BCUT2D eigenvalue weighted by Gasteiger charge is 2.19. The lowest BCUT2D eigenvalue weighted by Crippen LogP contribution is -1.95. The predicted molar refractivity (Wildman–Crippen MR) is 59.4 cm³/mol. The van der Waals surface area contributed by atoms with Crippen LogP contribution >= 0.6 is 0 Å². The Bertz CT molecular complexity index is 296. The monoisotopic (exact) mass is 193 g/mol. The summed E-state index contributed by atoms with van der Waals surface area (Å²) in [4.78, 5) is 0. The van der Waals surface area contributed by atoms with Gasteiger partial charge in [-0.15, -0.1) is 0 Å². The van der Waals surface area contributed by atoms with Crippen molar-refractivity contribution in [1.82, 2.24) is 0 Å². The summed E-state index contributed by atoms with van der Waals surface area (Å²) in [7, 11) is 1.50. The molecule has 0 spiro atoms. The van der Waals surface area contributed by atoms with Crippen LogP contribution in [0.5, 0.6) is 5.75 Å². The van der Waals surface area contributed by atoms with Crippen LogP contribution < -0.4 is 5.73 Å². The summed E-state index contributed by atoms with van der Waals surface area (Å²) in [6.45, 7) is 2.23. The van der Waals surface area contributed by atoms with Crippen LogP contribution in [0, 0.1) is 5.92 Å². The van der Waals surface area contributed by atoms with Crippen LogP contribution in [0.2, 0.25) is 0 Å². The number of hydrogen-bond donors (Lipinski definition) is 2. The van der Waals surface area contributed by atoms with Crippen LogP contribution in [-0.2, 0) is 12.8 Å². The van der Waals surface area contributed by atoms with E-state index in [1.54, 1.807) is 6.07 Å². The fourth-order valence-electron chi connectivity index (χ4n) is 1.98. The standard InChI is InChI=1S/C11H14O.CH5N/c1-2-8-5-9-3-4-11(12)7-10(9)6-8;1-2/h3-4,7-8,12H,2,5-6H2,1H3;2H2,1H3. The van der Waals surface area contributed by atoms with Gasteiger partial charge in [-0.1, -0.05) is 19.4 Å². The molecule has 1 aromatic rings. The molecule has 1 atom stereocenters. The first-order chi connectivity index (χ1) is 6.79. The zero-order chi connectivity index (χ0) is 10.6. The number of benzene rings is 1. The van der Waals surface area contributed by atoms with Crippen molar-refractivity contribution in [3.63, 3.8) is 0 Å². The molecule has 78 valence electrons. The topological polar surface area (TPSA) is 46.2 Å². The minimum Gasteiger partial charge on any atom is -0.508 e. The van der Waals surface area contributed by atoms with Gasteiger partial charge in [0.05, 0.1) is 0 Å². The molecule has 0 aliphatic heterocycles. The van der Waals surface area contributed by atoms with Crippen molar-refractivity contribution in [2.24, 2.45) is 11.7 Å². The first kappa shape index (κ1) is 11.1. The number of aromatic hydroxyl groups is 1. The maximum atomic E-state index is 9.26. The van der Waals surface area contributed by atoms with Crippen molar-refractivity contribution in [3.05, 3.63) is 29.3 Å². The number of rotatable bonds is 1. The van der Waals surface area contributed by atoms with E-state index in [-0.39, 0.29) is 0 Å². The van der Waals surface area contributed by atoms with Crippen LogP contribution in [0.4, 0.5) is 0 Å². The molecule has 14 heavy (non-hydrogen) atoms. The highest BCUT2D eigenvalue weighted by atomic mass is 16.3. The van der Waals surface area contributed by atoms with Crippen molar-refractivity contribution in [3.8, 4) is 5.75 Å². The normalized spacial score (nSPS) is 18.4. The Kier molecular flexibility index (Phi) is 3.96. The van der Waals surface area contributed by atoms with Gasteiger partial charge in [-0.25, -0.2) is 0 Å². The van der Waals surface area contributed by atoms with Gasteiger partial charge in [-0.3, -0.25) is 0 Å². The van der Waals surface area contributed by atoms with Crippen LogP contribution in [-0.4, -0.2) is 12.2 Å². The van der Waals surface area contributed by atoms with Gasteiger partial charge >= 0.3 is 0 Å². The largest absolute Gasteiger partial charge is 0.508 e. The van der Waals surface area contributed by atoms with E-state index >= 15 is 0 Å². The number of phenols is 1. The van der Waals surface area contributed by atoms with Crippen molar-refractivity contribution >= 4 is 0 Å². The molecule has 2 nitrogen and oxygen atoms in total. The van der Waals surface area contributed by atoms with Crippen molar-refractivity contribution in [2.45, 2.75) is 26.2 Å². The Hall–Kier alpha value is -1.02. The van der Waals surface area contributed by atoms with Crippen LogP contribution in [0.25, 0.3) is 0 Å². The van der Waals surface area contributed by atoms with Crippen LogP contribution in [0.1, 0.15) is 24.5 Å². The second kappa shape index (κ2) is 5.01. The van der Waals surface area contributed by atoms with E-state index in [9.17, 15) is 5.11 Å². The van der Waals surface area contributed by atoms with E-state index in [1.165, 1.54) is 31.0 Å². The molecule has 1 unspecified atom stereocenters. The summed E-state index contributed by atoms with van der Waals surface area (Å²) in [5.41, 5.74) is 7.28. The molecule has 0 fully saturated rings. The SMILES string of the molecule is CCC1Cc2ccc(O)cc2C1.CN. The third-order valence-corrected chi connectivity index (χ3v) is 2.78. The van der Waals surface area contributed by atoms with Gasteiger partial charge in [0, 0.05) is 0 Å². The highest BCUT2D eigenvalue weighted by Crippen LogP contribution is 2.30. The van der Waals surface area contributed by atoms with E-state index in [2.05, 4.69) is 18.7 Å². The number of hydrogen-bond acceptors (Lipinski definition) is 2. The van der Waals surface area contributed by atoms with Gasteiger partial charge in [-0.2, -0.15) is 0 Å². The Morgan fingerprint density at radius 3 is 2.57 bits per heavy atom. The van der Waals surface area contributed by atoms with Gasteiger partial charge in [-0.05, 0) is 49.1 Å². The molecule has 2 heteroatoms. The maximum Gasteiger partial charge on any atom is 0.115 e. The molecular formula is C12H19NO. The Labute approximate surface area is 85.8 Å². The Balaban J connectivity index is 0.000000461. The van der Waals surface area contributed by atoms with E-state index in [4.69, 9.17) is 0 Å². The molecule has 0 amide bonds. The van der Waals surface area contributed by atoms with Crippen LogP contribution in [0.15, 0.2) is 18.2 Å². The van der Waals surface area contributed by atoms with Gasteiger partial charge in [0.15, 0.2) is 0 Å². The molecule has 0 aromatic heterocycles. The molecule has 1 aromatic carbocycles. The van der Waals surface area contributed by atoms with Crippen molar-refractivity contribution in [1.29, 1.82) is 0 Å². The Morgan fingerprint density at radius 2 is 1.93 bits per heavy atom. The lowest BCUT2D eigenvalue weighted by molar-refractivity contribution is 0.474. The smallest absolute Gasteiger partial charge is 0.115 e. The van der Waals surface area contributed by atoms with Crippen molar-refractivity contribution in [2.75, 3.05) is 7.05 Å². The van der Waals surface area contributed by atoms with Gasteiger partial charge < -0.3 is 10.8 Å². The minimum absolute atomic E-state index is 0.408. The lowest BCUT2D eigenvalue weighted by atomic mass is 10.0. The summed E-state index contributed by atoms with van der Waals surface area (Å²) in [6, 6.07) is 5.75. The maximum absolute atomic E-state index is 9.26. The molecule has 0 saturated heterocycles. The van der Waals surface area contributed by atoms with E-state index in [0.717, 1.165) is 12.3 Å². The zero-order valence-electron chi connectivity index (χ0n) is 8.96. The molecule has 0 saturated carbocycles. The summed E-state index contributed by atoms with van der Waals surface area (Å²) in [5.74, 6) is 1.22. The van der Waals surface area contributed by atoms with E-state index in [1.807, 2.05) is 6.07 Å². The number of phenolic OH excluding ortho intramolecular Hbond substituents is 1. The number of fused-ring (bicyclic) bond motifs is 1. The summed E-state index contributed by atoms with van der Waals surface area (Å²) < 4.78 is 0. The molecule has 2 rings (SSSR count). The molecule has 3 N–H and O–H groups in total. The quantitative estimate of drug-likeness (QED) is 0.717. The average Bonchev–Trinajstić information content (AvgIpc) is 2.62. The molecular weight excluding hydrogens is 174 g/mol. The average molecular weight is 193 g/mol. The van der Waals surface area contributed by atoms with Gasteiger partial charge in [0.25, 0.3) is 0 Å². The first-order valence-electron chi connectivity index (χ1n) is 5.18. The first-order valence-corrected chi connectivity index (χ1v) is 5.18. The van der Waals surface area contributed by atoms with E-state index < -0.39 is 0 Å². The molecule has 0 bridgehead atoms. The lowest BCUT2D eigenvalue weighted by Gasteiger charge is -2.01. The van der Waals surface area contributed by atoms with Crippen molar-refractivity contribution < 1.29 is 5.11 Å². The minimum atomic E-state index is 0.408. The second-order valence-electron chi connectivity index (χ2n) is 3.64. The predicted octanol–water partition coefficient (Wildman–Crippen LogP) is 2.09. The third kappa shape index (κ3) is 2.26. The van der Waals surface area contributed by atoms with Gasteiger partial charge in [0.1, 0.15) is 5.75 Å². The van der Waals surface area contributed by atoms with Gasteiger partial charge in [0.2, 0.25) is 0 Å². The highest BCUT2D eigenvalue weighted by molar-refractivity contribution is 5.38. The number of nitrogens with two attached hydrogens (primary N) is 1. The molecule has 0 heterocycles. The molecule has 1 aliphatic rings. The van der Waals surface area contributed by atoms with E-state index in [0.29, 0.717) is 5.75 Å². The summed E-state index contributed by atoms with van der Waals surface area (Å²) >= 11 is 0. The Morgan fingerprint density at radius 1 is 1.29 bits per heavy atom. The summed E-state index contributed by atoms with van der Waals surface area (Å²) in [5, 5.41) is 9.26. The third-order valence-electron chi connectivity index (χ3n) is 2.78. The fraction of sp³-hybridized carbons (Fsp3) is 0.500. The second-order valence-corrected chi connectivity index (χ2v) is 3.64.